The molecule has 17 heavy (non-hydrogen) atoms. The lowest BCUT2D eigenvalue weighted by Crippen LogP contribution is -2.49. The van der Waals surface area contributed by atoms with Gasteiger partial charge in [0.1, 0.15) is 0 Å². The number of nitrogens with one attached hydrogen (secondary N) is 1. The van der Waals surface area contributed by atoms with Gasteiger partial charge in [0, 0.05) is 12.6 Å². The average molecular weight is 239 g/mol. The fourth-order valence-electron chi connectivity index (χ4n) is 3.26. The van der Waals surface area contributed by atoms with E-state index >= 15 is 0 Å². The lowest BCUT2D eigenvalue weighted by Gasteiger charge is -2.41. The zero-order chi connectivity index (χ0) is 12.5. The molecule has 0 aromatic rings. The molecular weight excluding hydrogens is 210 g/mol. The molecule has 0 aromatic heterocycles. The van der Waals surface area contributed by atoms with Crippen LogP contribution in [0.4, 0.5) is 0 Å². The van der Waals surface area contributed by atoms with Gasteiger partial charge in [-0.3, -0.25) is 0 Å². The van der Waals surface area contributed by atoms with E-state index in [9.17, 15) is 5.11 Å². The molecule has 0 aliphatic heterocycles. The van der Waals surface area contributed by atoms with Crippen LogP contribution in [0, 0.1) is 11.3 Å². The second-order valence-corrected chi connectivity index (χ2v) is 7.37. The van der Waals surface area contributed by atoms with Crippen molar-refractivity contribution in [2.24, 2.45) is 11.3 Å². The van der Waals surface area contributed by atoms with Gasteiger partial charge in [-0.1, -0.05) is 20.8 Å². The summed E-state index contributed by atoms with van der Waals surface area (Å²) in [7, 11) is 0. The summed E-state index contributed by atoms with van der Waals surface area (Å²) in [5, 5.41) is 13.6. The third-order valence-electron chi connectivity index (χ3n) is 4.96. The Morgan fingerprint density at radius 3 is 2.12 bits per heavy atom. The Kier molecular flexibility index (Phi) is 3.84. The Morgan fingerprint density at radius 1 is 1.12 bits per heavy atom. The topological polar surface area (TPSA) is 32.3 Å². The van der Waals surface area contributed by atoms with E-state index < -0.39 is 0 Å². The van der Waals surface area contributed by atoms with Gasteiger partial charge in [-0.05, 0) is 56.3 Å². The standard InChI is InChI=1S/C15H29NO/c1-14(2,3)12-5-7-13(8-6-12)16-11-15(17)9-4-10-15/h12-13,16-17H,4-11H2,1-3H3. The number of rotatable bonds is 3. The van der Waals surface area contributed by atoms with E-state index in [1.165, 1.54) is 32.1 Å². The summed E-state index contributed by atoms with van der Waals surface area (Å²) in [6, 6.07) is 0.651. The molecule has 0 bridgehead atoms. The minimum absolute atomic E-state index is 0.360. The molecule has 2 aliphatic rings. The van der Waals surface area contributed by atoms with Crippen molar-refractivity contribution in [3.05, 3.63) is 0 Å². The first-order valence-electron chi connectivity index (χ1n) is 7.35. The first-order chi connectivity index (χ1) is 7.89. The van der Waals surface area contributed by atoms with Crippen LogP contribution in [0.1, 0.15) is 65.7 Å². The average Bonchev–Trinajstić information content (AvgIpc) is 2.23. The molecule has 0 aromatic carbocycles. The maximum absolute atomic E-state index is 10.1. The van der Waals surface area contributed by atoms with Gasteiger partial charge in [-0.15, -0.1) is 0 Å². The largest absolute Gasteiger partial charge is 0.389 e. The van der Waals surface area contributed by atoms with E-state index in [0.717, 1.165) is 25.3 Å². The molecule has 0 atom stereocenters. The maximum atomic E-state index is 10.1. The fourth-order valence-corrected chi connectivity index (χ4v) is 3.26. The van der Waals surface area contributed by atoms with Crippen molar-refractivity contribution in [3.8, 4) is 0 Å². The van der Waals surface area contributed by atoms with Crippen molar-refractivity contribution in [2.75, 3.05) is 6.54 Å². The fraction of sp³-hybridized carbons (Fsp3) is 1.00. The van der Waals surface area contributed by atoms with Crippen LogP contribution >= 0.6 is 0 Å². The Morgan fingerprint density at radius 2 is 1.71 bits per heavy atom. The molecule has 2 N–H and O–H groups in total. The molecule has 0 radical (unpaired) electrons. The van der Waals surface area contributed by atoms with Crippen LogP contribution in [-0.4, -0.2) is 23.3 Å². The van der Waals surface area contributed by atoms with Gasteiger partial charge in [0.25, 0.3) is 0 Å². The molecule has 2 nitrogen and oxygen atoms in total. The van der Waals surface area contributed by atoms with Crippen LogP contribution in [-0.2, 0) is 0 Å². The van der Waals surface area contributed by atoms with E-state index in [2.05, 4.69) is 26.1 Å². The smallest absolute Gasteiger partial charge is 0.0771 e. The van der Waals surface area contributed by atoms with Crippen molar-refractivity contribution >= 4 is 0 Å². The zero-order valence-corrected chi connectivity index (χ0v) is 11.8. The van der Waals surface area contributed by atoms with Gasteiger partial charge >= 0.3 is 0 Å². The zero-order valence-electron chi connectivity index (χ0n) is 11.8. The first-order valence-corrected chi connectivity index (χ1v) is 7.35. The molecule has 2 heteroatoms. The Labute approximate surface area is 106 Å². The van der Waals surface area contributed by atoms with E-state index in [1.54, 1.807) is 0 Å². The van der Waals surface area contributed by atoms with Gasteiger partial charge in [0.2, 0.25) is 0 Å². The van der Waals surface area contributed by atoms with Crippen molar-refractivity contribution in [3.63, 3.8) is 0 Å². The molecule has 100 valence electrons. The van der Waals surface area contributed by atoms with Gasteiger partial charge < -0.3 is 10.4 Å². The molecule has 0 saturated heterocycles. The molecule has 0 amide bonds. The number of aliphatic hydroxyl groups is 1. The maximum Gasteiger partial charge on any atom is 0.0771 e. The second-order valence-electron chi connectivity index (χ2n) is 7.37. The van der Waals surface area contributed by atoms with Crippen molar-refractivity contribution in [1.82, 2.24) is 5.32 Å². The summed E-state index contributed by atoms with van der Waals surface area (Å²) in [6.45, 7) is 7.91. The van der Waals surface area contributed by atoms with E-state index in [-0.39, 0.29) is 5.60 Å². The van der Waals surface area contributed by atoms with E-state index in [1.807, 2.05) is 0 Å². The first kappa shape index (κ1) is 13.4. The number of hydrogen-bond donors (Lipinski definition) is 2. The molecule has 2 aliphatic carbocycles. The molecule has 2 fully saturated rings. The van der Waals surface area contributed by atoms with Crippen LogP contribution < -0.4 is 5.32 Å². The predicted octanol–water partition coefficient (Wildman–Crippen LogP) is 3.10. The predicted molar refractivity (Wildman–Crippen MR) is 72.0 cm³/mol. The minimum Gasteiger partial charge on any atom is -0.389 e. The molecule has 0 unspecified atom stereocenters. The van der Waals surface area contributed by atoms with Gasteiger partial charge in [0.05, 0.1) is 5.60 Å². The van der Waals surface area contributed by atoms with Crippen LogP contribution in [0.2, 0.25) is 0 Å². The third-order valence-corrected chi connectivity index (χ3v) is 4.96. The summed E-state index contributed by atoms with van der Waals surface area (Å²) >= 11 is 0. The highest BCUT2D eigenvalue weighted by atomic mass is 16.3. The highest BCUT2D eigenvalue weighted by Crippen LogP contribution is 2.38. The molecule has 2 saturated carbocycles. The molecule has 0 spiro atoms. The summed E-state index contributed by atoms with van der Waals surface area (Å²) in [4.78, 5) is 0. The SMILES string of the molecule is CC(C)(C)C1CCC(NCC2(O)CCC2)CC1. The van der Waals surface area contributed by atoms with Gasteiger partial charge in [0.15, 0.2) is 0 Å². The normalized spacial score (nSPS) is 33.2. The van der Waals surface area contributed by atoms with E-state index in [0.29, 0.717) is 11.5 Å². The van der Waals surface area contributed by atoms with E-state index in [4.69, 9.17) is 0 Å². The second kappa shape index (κ2) is 4.89. The Hall–Kier alpha value is -0.0800. The minimum atomic E-state index is -0.360. The molecule has 0 heterocycles. The van der Waals surface area contributed by atoms with Crippen LogP contribution in [0.15, 0.2) is 0 Å². The van der Waals surface area contributed by atoms with Crippen molar-refractivity contribution in [2.45, 2.75) is 77.4 Å². The summed E-state index contributed by atoms with van der Waals surface area (Å²) in [5.41, 5.74) is 0.109. The summed E-state index contributed by atoms with van der Waals surface area (Å²) < 4.78 is 0. The Balaban J connectivity index is 1.69. The Bertz CT molecular complexity index is 244. The van der Waals surface area contributed by atoms with Crippen LogP contribution in [0.3, 0.4) is 0 Å². The lowest BCUT2D eigenvalue weighted by atomic mass is 9.71. The quantitative estimate of drug-likeness (QED) is 0.793. The van der Waals surface area contributed by atoms with Crippen molar-refractivity contribution < 1.29 is 5.11 Å². The van der Waals surface area contributed by atoms with Crippen LogP contribution in [0.25, 0.3) is 0 Å². The van der Waals surface area contributed by atoms with Gasteiger partial charge in [-0.2, -0.15) is 0 Å². The molecular formula is C15H29NO. The highest BCUT2D eigenvalue weighted by Gasteiger charge is 2.35. The monoisotopic (exact) mass is 239 g/mol. The summed E-state index contributed by atoms with van der Waals surface area (Å²) in [5.74, 6) is 0.882. The summed E-state index contributed by atoms with van der Waals surface area (Å²) in [6.07, 6.45) is 8.47. The third kappa shape index (κ3) is 3.45. The van der Waals surface area contributed by atoms with Gasteiger partial charge in [-0.25, -0.2) is 0 Å². The number of hydrogen-bond acceptors (Lipinski definition) is 2. The van der Waals surface area contributed by atoms with Crippen LogP contribution in [0.5, 0.6) is 0 Å². The highest BCUT2D eigenvalue weighted by molar-refractivity contribution is 4.91. The lowest BCUT2D eigenvalue weighted by molar-refractivity contribution is -0.0346. The molecule has 2 rings (SSSR count). The van der Waals surface area contributed by atoms with Crippen molar-refractivity contribution in [1.29, 1.82) is 0 Å².